The topological polar surface area (TPSA) is 35.5 Å². The van der Waals surface area contributed by atoms with E-state index in [1.54, 1.807) is 0 Å². The fraction of sp³-hybridized carbons (Fsp3) is 0.611. The molecule has 21 heavy (non-hydrogen) atoms. The molecule has 0 aromatic heterocycles. The second-order valence-electron chi connectivity index (χ2n) is 5.41. The lowest BCUT2D eigenvalue weighted by Crippen LogP contribution is -2.07. The Kier molecular flexibility index (Phi) is 9.55. The van der Waals surface area contributed by atoms with Crippen molar-refractivity contribution in [3.8, 4) is 0 Å². The highest BCUT2D eigenvalue weighted by molar-refractivity contribution is 5.88. The second-order valence-corrected chi connectivity index (χ2v) is 5.41. The molecule has 3 heteroatoms. The van der Waals surface area contributed by atoms with Crippen LogP contribution in [0.3, 0.4) is 0 Å². The smallest absolute Gasteiger partial charge is 0.293 e. The zero-order valence-electron chi connectivity index (χ0n) is 13.4. The summed E-state index contributed by atoms with van der Waals surface area (Å²) >= 11 is 0. The molecule has 0 saturated carbocycles. The standard InChI is InChI=1S/C18H28O3/c1-3-5-7-8-10-16-11-13-17(14-12-16)18(19)21-20-15-9-6-4-2/h11-14H,3-10,15H2,1-2H3. The van der Waals surface area contributed by atoms with Gasteiger partial charge in [-0.3, -0.25) is 4.89 Å². The van der Waals surface area contributed by atoms with Gasteiger partial charge in [0.2, 0.25) is 0 Å². The van der Waals surface area contributed by atoms with Gasteiger partial charge in [-0.2, -0.15) is 4.89 Å². The Morgan fingerprint density at radius 2 is 1.57 bits per heavy atom. The van der Waals surface area contributed by atoms with Gasteiger partial charge in [-0.15, -0.1) is 0 Å². The van der Waals surface area contributed by atoms with E-state index < -0.39 is 5.97 Å². The molecule has 0 fully saturated rings. The summed E-state index contributed by atoms with van der Waals surface area (Å²) in [7, 11) is 0. The monoisotopic (exact) mass is 292 g/mol. The summed E-state index contributed by atoms with van der Waals surface area (Å²) in [5, 5.41) is 0. The number of hydrogen-bond donors (Lipinski definition) is 0. The van der Waals surface area contributed by atoms with Gasteiger partial charge in [0.1, 0.15) is 0 Å². The van der Waals surface area contributed by atoms with Crippen LogP contribution in [0.5, 0.6) is 0 Å². The minimum Gasteiger partial charge on any atom is -0.293 e. The first-order chi connectivity index (χ1) is 10.3. The molecule has 1 aromatic rings. The highest BCUT2D eigenvalue weighted by atomic mass is 17.2. The third kappa shape index (κ3) is 7.86. The van der Waals surface area contributed by atoms with Crippen LogP contribution in [0.1, 0.15) is 74.7 Å². The Hall–Kier alpha value is -1.35. The number of carbonyl (C=O) groups excluding carboxylic acids is 1. The van der Waals surface area contributed by atoms with Gasteiger partial charge >= 0.3 is 5.97 Å². The first kappa shape index (κ1) is 17.7. The van der Waals surface area contributed by atoms with E-state index in [1.807, 2.05) is 24.3 Å². The number of hydrogen-bond acceptors (Lipinski definition) is 3. The van der Waals surface area contributed by atoms with E-state index in [0.29, 0.717) is 12.2 Å². The van der Waals surface area contributed by atoms with Crippen LogP contribution < -0.4 is 0 Å². The first-order valence-electron chi connectivity index (χ1n) is 8.20. The molecule has 3 nitrogen and oxygen atoms in total. The molecule has 0 radical (unpaired) electrons. The Labute approximate surface area is 128 Å². The van der Waals surface area contributed by atoms with Gasteiger partial charge in [0, 0.05) is 0 Å². The van der Waals surface area contributed by atoms with E-state index in [4.69, 9.17) is 9.78 Å². The van der Waals surface area contributed by atoms with Gasteiger partial charge in [-0.1, -0.05) is 58.1 Å². The highest BCUT2D eigenvalue weighted by Crippen LogP contribution is 2.11. The number of unbranched alkanes of at least 4 members (excludes halogenated alkanes) is 5. The molecule has 0 saturated heterocycles. The molecule has 0 aliphatic heterocycles. The molecule has 0 spiro atoms. The summed E-state index contributed by atoms with van der Waals surface area (Å²) in [6.07, 6.45) is 9.22. The van der Waals surface area contributed by atoms with Crippen LogP contribution in [0.15, 0.2) is 24.3 Å². The van der Waals surface area contributed by atoms with E-state index in [-0.39, 0.29) is 0 Å². The molecule has 0 unspecified atom stereocenters. The molecule has 118 valence electrons. The molecule has 1 rings (SSSR count). The molecule has 0 amide bonds. The fourth-order valence-electron chi connectivity index (χ4n) is 2.12. The van der Waals surface area contributed by atoms with Crippen LogP contribution in [-0.2, 0) is 16.2 Å². The van der Waals surface area contributed by atoms with Gasteiger partial charge < -0.3 is 0 Å². The van der Waals surface area contributed by atoms with Gasteiger partial charge in [-0.25, -0.2) is 4.79 Å². The van der Waals surface area contributed by atoms with E-state index in [1.165, 1.54) is 31.2 Å². The van der Waals surface area contributed by atoms with E-state index in [0.717, 1.165) is 25.7 Å². The average Bonchev–Trinajstić information content (AvgIpc) is 2.52. The van der Waals surface area contributed by atoms with Crippen LogP contribution in [0.4, 0.5) is 0 Å². The molecule has 0 bridgehead atoms. The minimum absolute atomic E-state index is 0.413. The Morgan fingerprint density at radius 1 is 0.905 bits per heavy atom. The predicted molar refractivity (Wildman–Crippen MR) is 85.2 cm³/mol. The third-order valence-corrected chi connectivity index (χ3v) is 3.47. The van der Waals surface area contributed by atoms with Crippen molar-refractivity contribution >= 4 is 5.97 Å². The normalized spacial score (nSPS) is 10.6. The summed E-state index contributed by atoms with van der Waals surface area (Å²) < 4.78 is 0. The lowest BCUT2D eigenvalue weighted by Gasteiger charge is -2.05. The van der Waals surface area contributed by atoms with Crippen LogP contribution in [0.25, 0.3) is 0 Å². The van der Waals surface area contributed by atoms with E-state index in [9.17, 15) is 4.79 Å². The number of benzene rings is 1. The molecule has 0 N–H and O–H groups in total. The largest absolute Gasteiger partial charge is 0.373 e. The van der Waals surface area contributed by atoms with Crippen molar-refractivity contribution in [2.24, 2.45) is 0 Å². The van der Waals surface area contributed by atoms with Crippen LogP contribution >= 0.6 is 0 Å². The summed E-state index contributed by atoms with van der Waals surface area (Å²) in [6.45, 7) is 4.80. The molecule has 0 atom stereocenters. The van der Waals surface area contributed by atoms with Gasteiger partial charge in [0.25, 0.3) is 0 Å². The van der Waals surface area contributed by atoms with Crippen molar-refractivity contribution in [3.05, 3.63) is 35.4 Å². The number of rotatable bonds is 11. The van der Waals surface area contributed by atoms with Gasteiger partial charge in [0.05, 0.1) is 12.2 Å². The third-order valence-electron chi connectivity index (χ3n) is 3.47. The quantitative estimate of drug-likeness (QED) is 0.324. The molecular formula is C18H28O3. The Morgan fingerprint density at radius 3 is 2.24 bits per heavy atom. The minimum atomic E-state index is -0.413. The SMILES string of the molecule is CCCCCCc1ccc(C(=O)OOCCCCC)cc1. The summed E-state index contributed by atoms with van der Waals surface area (Å²) in [4.78, 5) is 21.5. The fourth-order valence-corrected chi connectivity index (χ4v) is 2.12. The van der Waals surface area contributed by atoms with Crippen LogP contribution in [0.2, 0.25) is 0 Å². The maximum atomic E-state index is 11.7. The van der Waals surface area contributed by atoms with Crippen molar-refractivity contribution in [1.82, 2.24) is 0 Å². The average molecular weight is 292 g/mol. The Balaban J connectivity index is 2.27. The van der Waals surface area contributed by atoms with Gasteiger partial charge in [-0.05, 0) is 37.0 Å². The Bertz CT molecular complexity index is 384. The summed E-state index contributed by atoms with van der Waals surface area (Å²) in [6, 6.07) is 7.62. The van der Waals surface area contributed by atoms with Crippen molar-refractivity contribution in [2.45, 2.75) is 65.2 Å². The van der Waals surface area contributed by atoms with E-state index in [2.05, 4.69) is 13.8 Å². The molecule has 0 aliphatic rings. The maximum Gasteiger partial charge on any atom is 0.373 e. The van der Waals surface area contributed by atoms with Crippen molar-refractivity contribution < 1.29 is 14.6 Å². The lowest BCUT2D eigenvalue weighted by molar-refractivity contribution is -0.241. The highest BCUT2D eigenvalue weighted by Gasteiger charge is 2.08. The first-order valence-corrected chi connectivity index (χ1v) is 8.20. The van der Waals surface area contributed by atoms with Crippen molar-refractivity contribution in [1.29, 1.82) is 0 Å². The number of carbonyl (C=O) groups is 1. The molecule has 1 aromatic carbocycles. The van der Waals surface area contributed by atoms with Crippen molar-refractivity contribution in [3.63, 3.8) is 0 Å². The number of aryl methyl sites for hydroxylation is 1. The van der Waals surface area contributed by atoms with Crippen LogP contribution in [-0.4, -0.2) is 12.6 Å². The van der Waals surface area contributed by atoms with Crippen molar-refractivity contribution in [2.75, 3.05) is 6.61 Å². The zero-order chi connectivity index (χ0) is 15.3. The summed E-state index contributed by atoms with van der Waals surface area (Å²) in [5.74, 6) is -0.413. The molecule has 0 heterocycles. The lowest BCUT2D eigenvalue weighted by atomic mass is 10.0. The molecule has 0 aliphatic carbocycles. The molecular weight excluding hydrogens is 264 g/mol. The predicted octanol–water partition coefficient (Wildman–Crippen LogP) is 5.09. The van der Waals surface area contributed by atoms with Crippen LogP contribution in [0, 0.1) is 0 Å². The maximum absolute atomic E-state index is 11.7. The van der Waals surface area contributed by atoms with E-state index >= 15 is 0 Å². The second kappa shape index (κ2) is 11.3. The zero-order valence-corrected chi connectivity index (χ0v) is 13.4. The summed E-state index contributed by atoms with van der Waals surface area (Å²) in [5.41, 5.74) is 1.81. The van der Waals surface area contributed by atoms with Gasteiger partial charge in [0.15, 0.2) is 0 Å².